The van der Waals surface area contributed by atoms with Gasteiger partial charge in [0, 0.05) is 12.6 Å². The van der Waals surface area contributed by atoms with Gasteiger partial charge in [-0.1, -0.05) is 19.1 Å². The summed E-state index contributed by atoms with van der Waals surface area (Å²) in [5.41, 5.74) is 1.24. The van der Waals surface area contributed by atoms with Crippen molar-refractivity contribution in [2.75, 3.05) is 19.7 Å². The highest BCUT2D eigenvalue weighted by Gasteiger charge is 2.12. The Morgan fingerprint density at radius 1 is 1.42 bits per heavy atom. The van der Waals surface area contributed by atoms with Gasteiger partial charge in [0.25, 0.3) is 0 Å². The highest BCUT2D eigenvalue weighted by atomic mass is 16.5. The van der Waals surface area contributed by atoms with Crippen LogP contribution in [0.1, 0.15) is 26.3 Å². The first-order chi connectivity index (χ1) is 9.02. The van der Waals surface area contributed by atoms with Crippen LogP contribution in [0.5, 0.6) is 5.75 Å². The van der Waals surface area contributed by atoms with Crippen LogP contribution in [0.4, 0.5) is 0 Å². The molecule has 0 aromatic heterocycles. The number of carboxylic acids is 1. The van der Waals surface area contributed by atoms with Crippen molar-refractivity contribution in [1.82, 2.24) is 4.90 Å². The van der Waals surface area contributed by atoms with E-state index >= 15 is 0 Å². The molecule has 4 nitrogen and oxygen atoms in total. The number of carboxylic acid groups (broad SMARTS) is 1. The minimum atomic E-state index is -0.804. The van der Waals surface area contributed by atoms with Gasteiger partial charge in [-0.3, -0.25) is 9.69 Å². The Morgan fingerprint density at radius 2 is 2.16 bits per heavy atom. The number of hydrogen-bond donors (Lipinski definition) is 1. The predicted molar refractivity (Wildman–Crippen MR) is 75.7 cm³/mol. The summed E-state index contributed by atoms with van der Waals surface area (Å²) >= 11 is 0. The molecule has 0 saturated heterocycles. The van der Waals surface area contributed by atoms with Gasteiger partial charge in [-0.2, -0.15) is 0 Å². The maximum Gasteiger partial charge on any atom is 0.317 e. The first-order valence-corrected chi connectivity index (χ1v) is 6.70. The average Bonchev–Trinajstić information content (AvgIpc) is 2.37. The Labute approximate surface area is 115 Å². The fourth-order valence-corrected chi connectivity index (χ4v) is 1.83. The van der Waals surface area contributed by atoms with Crippen molar-refractivity contribution in [2.24, 2.45) is 0 Å². The van der Waals surface area contributed by atoms with Crippen LogP contribution in [-0.4, -0.2) is 41.7 Å². The number of benzene rings is 1. The average molecular weight is 265 g/mol. The van der Waals surface area contributed by atoms with E-state index in [1.54, 1.807) is 0 Å². The number of hydrogen-bond acceptors (Lipinski definition) is 3. The standard InChI is InChI=1S/C15H23NO3/c1-4-13-6-5-7-14(10-13)19-9-8-16(12(2)3)11-15(17)18/h5-7,10,12H,4,8-9,11H2,1-3H3,(H,17,18). The van der Waals surface area contributed by atoms with Gasteiger partial charge in [0.2, 0.25) is 0 Å². The zero-order valence-electron chi connectivity index (χ0n) is 11.9. The second-order valence-electron chi connectivity index (χ2n) is 4.81. The van der Waals surface area contributed by atoms with E-state index in [0.29, 0.717) is 13.2 Å². The molecule has 0 unspecified atom stereocenters. The maximum absolute atomic E-state index is 10.7. The molecule has 0 spiro atoms. The maximum atomic E-state index is 10.7. The van der Waals surface area contributed by atoms with Crippen LogP contribution >= 0.6 is 0 Å². The van der Waals surface area contributed by atoms with Crippen molar-refractivity contribution in [3.05, 3.63) is 29.8 Å². The van der Waals surface area contributed by atoms with Crippen LogP contribution in [0.25, 0.3) is 0 Å². The summed E-state index contributed by atoms with van der Waals surface area (Å²) < 4.78 is 5.68. The van der Waals surface area contributed by atoms with Crippen molar-refractivity contribution in [2.45, 2.75) is 33.2 Å². The number of aryl methyl sites for hydroxylation is 1. The Kier molecular flexibility index (Phi) is 6.36. The zero-order chi connectivity index (χ0) is 14.3. The van der Waals surface area contributed by atoms with Crippen LogP contribution < -0.4 is 4.74 Å². The van der Waals surface area contributed by atoms with Crippen molar-refractivity contribution in [1.29, 1.82) is 0 Å². The summed E-state index contributed by atoms with van der Waals surface area (Å²) in [5, 5.41) is 8.83. The van der Waals surface area contributed by atoms with E-state index in [-0.39, 0.29) is 12.6 Å². The van der Waals surface area contributed by atoms with Gasteiger partial charge in [-0.05, 0) is 38.0 Å². The van der Waals surface area contributed by atoms with Crippen molar-refractivity contribution in [3.8, 4) is 5.75 Å². The number of rotatable bonds is 8. The van der Waals surface area contributed by atoms with Gasteiger partial charge in [0.15, 0.2) is 0 Å². The fraction of sp³-hybridized carbons (Fsp3) is 0.533. The molecule has 1 aromatic carbocycles. The van der Waals surface area contributed by atoms with Crippen LogP contribution in [0.2, 0.25) is 0 Å². The molecule has 4 heteroatoms. The van der Waals surface area contributed by atoms with Gasteiger partial charge in [-0.15, -0.1) is 0 Å². The van der Waals surface area contributed by atoms with Crippen LogP contribution in [-0.2, 0) is 11.2 Å². The second-order valence-corrected chi connectivity index (χ2v) is 4.81. The highest BCUT2D eigenvalue weighted by Crippen LogP contribution is 2.13. The lowest BCUT2D eigenvalue weighted by molar-refractivity contribution is -0.138. The molecule has 19 heavy (non-hydrogen) atoms. The van der Waals surface area contributed by atoms with Crippen molar-refractivity contribution >= 4 is 5.97 Å². The Morgan fingerprint density at radius 3 is 2.74 bits per heavy atom. The lowest BCUT2D eigenvalue weighted by Gasteiger charge is -2.24. The molecule has 0 heterocycles. The second kappa shape index (κ2) is 7.79. The zero-order valence-corrected chi connectivity index (χ0v) is 11.9. The molecule has 1 N–H and O–H groups in total. The minimum absolute atomic E-state index is 0.0516. The van der Waals surface area contributed by atoms with E-state index in [2.05, 4.69) is 13.0 Å². The summed E-state index contributed by atoms with van der Waals surface area (Å²) in [5.74, 6) is 0.0417. The van der Waals surface area contributed by atoms with E-state index in [0.717, 1.165) is 12.2 Å². The smallest absolute Gasteiger partial charge is 0.317 e. The molecule has 1 rings (SSSR count). The summed E-state index contributed by atoms with van der Waals surface area (Å²) in [6, 6.07) is 8.19. The van der Waals surface area contributed by atoms with Crippen LogP contribution in [0.3, 0.4) is 0 Å². The summed E-state index contributed by atoms with van der Waals surface area (Å²) in [6.07, 6.45) is 0.980. The molecular formula is C15H23NO3. The Balaban J connectivity index is 2.44. The van der Waals surface area contributed by atoms with Gasteiger partial charge < -0.3 is 9.84 Å². The molecule has 0 bridgehead atoms. The summed E-state index contributed by atoms with van der Waals surface area (Å²) in [6.45, 7) is 7.24. The molecule has 0 saturated carbocycles. The largest absolute Gasteiger partial charge is 0.492 e. The monoisotopic (exact) mass is 265 g/mol. The Bertz CT molecular complexity index is 404. The van der Waals surface area contributed by atoms with Crippen molar-refractivity contribution < 1.29 is 14.6 Å². The third-order valence-corrected chi connectivity index (χ3v) is 3.02. The lowest BCUT2D eigenvalue weighted by Crippen LogP contribution is -2.38. The van der Waals surface area contributed by atoms with Crippen LogP contribution in [0, 0.1) is 0 Å². The fourth-order valence-electron chi connectivity index (χ4n) is 1.83. The number of ether oxygens (including phenoxy) is 1. The molecule has 0 fully saturated rings. The van der Waals surface area contributed by atoms with E-state index in [1.807, 2.05) is 36.9 Å². The van der Waals surface area contributed by atoms with Crippen LogP contribution in [0.15, 0.2) is 24.3 Å². The minimum Gasteiger partial charge on any atom is -0.492 e. The molecule has 0 amide bonds. The lowest BCUT2D eigenvalue weighted by atomic mass is 10.2. The highest BCUT2D eigenvalue weighted by molar-refractivity contribution is 5.69. The van der Waals surface area contributed by atoms with Gasteiger partial charge in [0.05, 0.1) is 6.54 Å². The quantitative estimate of drug-likeness (QED) is 0.784. The van der Waals surface area contributed by atoms with E-state index in [4.69, 9.17) is 9.84 Å². The van der Waals surface area contributed by atoms with Gasteiger partial charge >= 0.3 is 5.97 Å². The van der Waals surface area contributed by atoms with Gasteiger partial charge in [-0.25, -0.2) is 0 Å². The molecule has 106 valence electrons. The molecule has 0 aliphatic carbocycles. The van der Waals surface area contributed by atoms with Gasteiger partial charge in [0.1, 0.15) is 12.4 Å². The molecule has 0 aliphatic rings. The topological polar surface area (TPSA) is 49.8 Å². The number of carbonyl (C=O) groups is 1. The number of aliphatic carboxylic acids is 1. The molecule has 0 atom stereocenters. The van der Waals surface area contributed by atoms with E-state index in [9.17, 15) is 4.79 Å². The predicted octanol–water partition coefficient (Wildman–Crippen LogP) is 2.42. The third-order valence-electron chi connectivity index (χ3n) is 3.02. The van der Waals surface area contributed by atoms with Crippen molar-refractivity contribution in [3.63, 3.8) is 0 Å². The molecular weight excluding hydrogens is 242 g/mol. The SMILES string of the molecule is CCc1cccc(OCCN(CC(=O)O)C(C)C)c1. The normalized spacial score (nSPS) is 11.0. The van der Waals surface area contributed by atoms with E-state index in [1.165, 1.54) is 5.56 Å². The molecule has 0 aliphatic heterocycles. The molecule has 1 aromatic rings. The molecule has 0 radical (unpaired) electrons. The first kappa shape index (κ1) is 15.5. The summed E-state index contributed by atoms with van der Waals surface area (Å²) in [7, 11) is 0. The van der Waals surface area contributed by atoms with E-state index < -0.39 is 5.97 Å². The Hall–Kier alpha value is -1.55. The first-order valence-electron chi connectivity index (χ1n) is 6.70. The summed E-state index contributed by atoms with van der Waals surface area (Å²) in [4.78, 5) is 12.6. The number of nitrogens with zero attached hydrogens (tertiary/aromatic N) is 1. The third kappa shape index (κ3) is 5.75.